The second-order valence-corrected chi connectivity index (χ2v) is 5.63. The minimum Gasteiger partial charge on any atom is -0.477 e. The molecule has 0 radical (unpaired) electrons. The van der Waals surface area contributed by atoms with Crippen LogP contribution in [0.3, 0.4) is 0 Å². The number of thiophene rings is 1. The zero-order chi connectivity index (χ0) is 13.2. The maximum Gasteiger partial charge on any atom is 0.354 e. The largest absolute Gasteiger partial charge is 0.477 e. The van der Waals surface area contributed by atoms with Crippen molar-refractivity contribution in [2.75, 3.05) is 5.32 Å². The molecule has 3 rings (SSSR count). The lowest BCUT2D eigenvalue weighted by atomic mass is 9.94. The van der Waals surface area contributed by atoms with Gasteiger partial charge in [0.15, 0.2) is 0 Å². The Morgan fingerprint density at radius 3 is 3.05 bits per heavy atom. The van der Waals surface area contributed by atoms with E-state index in [2.05, 4.69) is 21.7 Å². The Kier molecular flexibility index (Phi) is 3.21. The molecule has 0 bridgehead atoms. The highest BCUT2D eigenvalue weighted by atomic mass is 32.1. The third-order valence-corrected chi connectivity index (χ3v) is 4.37. The van der Waals surface area contributed by atoms with E-state index in [0.717, 1.165) is 12.1 Å². The van der Waals surface area contributed by atoms with Gasteiger partial charge in [-0.15, -0.1) is 11.3 Å². The van der Waals surface area contributed by atoms with Gasteiger partial charge in [0.2, 0.25) is 0 Å². The quantitative estimate of drug-likeness (QED) is 0.901. The fourth-order valence-corrected chi connectivity index (χ4v) is 3.43. The average molecular weight is 274 g/mol. The third kappa shape index (κ3) is 2.46. The predicted molar refractivity (Wildman–Crippen MR) is 74.8 cm³/mol. The first-order chi connectivity index (χ1) is 9.24. The van der Waals surface area contributed by atoms with E-state index in [-0.39, 0.29) is 5.69 Å². The number of aromatic nitrogens is 1. The highest BCUT2D eigenvalue weighted by molar-refractivity contribution is 7.10. The summed E-state index contributed by atoms with van der Waals surface area (Å²) >= 11 is 1.81. The molecule has 1 aliphatic carbocycles. The summed E-state index contributed by atoms with van der Waals surface area (Å²) in [6.45, 7) is 0. The zero-order valence-electron chi connectivity index (χ0n) is 10.3. The molecule has 4 nitrogen and oxygen atoms in total. The fourth-order valence-electron chi connectivity index (χ4n) is 2.44. The van der Waals surface area contributed by atoms with Crippen molar-refractivity contribution in [2.45, 2.75) is 25.3 Å². The molecule has 98 valence electrons. The van der Waals surface area contributed by atoms with Crippen LogP contribution in [0, 0.1) is 0 Å². The number of pyridine rings is 1. The summed E-state index contributed by atoms with van der Waals surface area (Å²) in [6, 6.07) is 5.79. The van der Waals surface area contributed by atoms with Crippen LogP contribution in [0.15, 0.2) is 29.8 Å². The van der Waals surface area contributed by atoms with Crippen LogP contribution >= 0.6 is 11.3 Å². The van der Waals surface area contributed by atoms with Crippen molar-refractivity contribution < 1.29 is 9.90 Å². The molecule has 5 heteroatoms. The monoisotopic (exact) mass is 274 g/mol. The number of anilines is 1. The normalized spacial score (nSPS) is 17.8. The summed E-state index contributed by atoms with van der Waals surface area (Å²) < 4.78 is 0. The van der Waals surface area contributed by atoms with Crippen LogP contribution < -0.4 is 5.32 Å². The summed E-state index contributed by atoms with van der Waals surface area (Å²) in [6.07, 6.45) is 5.04. The number of carboxylic acid groups (broad SMARTS) is 1. The first kappa shape index (κ1) is 12.2. The number of nitrogens with one attached hydrogen (secondary N) is 1. The number of fused-ring (bicyclic) bond motifs is 1. The molecule has 2 aromatic rings. The van der Waals surface area contributed by atoms with Crippen LogP contribution in [-0.2, 0) is 6.42 Å². The van der Waals surface area contributed by atoms with Gasteiger partial charge in [0.05, 0.1) is 17.9 Å². The second kappa shape index (κ2) is 5.01. The first-order valence-corrected chi connectivity index (χ1v) is 7.14. The highest BCUT2D eigenvalue weighted by Gasteiger charge is 2.21. The lowest BCUT2D eigenvalue weighted by Crippen LogP contribution is -2.15. The molecule has 19 heavy (non-hydrogen) atoms. The molecule has 0 saturated heterocycles. The summed E-state index contributed by atoms with van der Waals surface area (Å²) in [4.78, 5) is 16.1. The molecule has 1 unspecified atom stereocenters. The summed E-state index contributed by atoms with van der Waals surface area (Å²) in [5.41, 5.74) is 2.32. The van der Waals surface area contributed by atoms with Crippen molar-refractivity contribution in [1.82, 2.24) is 4.98 Å². The van der Waals surface area contributed by atoms with Crippen molar-refractivity contribution in [2.24, 2.45) is 0 Å². The van der Waals surface area contributed by atoms with Crippen LogP contribution in [0.25, 0.3) is 0 Å². The molecule has 0 amide bonds. The van der Waals surface area contributed by atoms with Gasteiger partial charge in [-0.2, -0.15) is 0 Å². The topological polar surface area (TPSA) is 62.2 Å². The maximum atomic E-state index is 10.7. The van der Waals surface area contributed by atoms with Crippen LogP contribution in [0.4, 0.5) is 5.69 Å². The van der Waals surface area contributed by atoms with Crippen molar-refractivity contribution in [3.63, 3.8) is 0 Å². The number of aryl methyl sites for hydroxylation is 1. The molecule has 1 atom stereocenters. The number of carbonyl (C=O) groups is 1. The molecule has 0 fully saturated rings. The van der Waals surface area contributed by atoms with E-state index in [1.165, 1.54) is 29.3 Å². The Morgan fingerprint density at radius 2 is 2.32 bits per heavy atom. The smallest absolute Gasteiger partial charge is 0.354 e. The minimum atomic E-state index is -0.996. The van der Waals surface area contributed by atoms with Crippen LogP contribution in [-0.4, -0.2) is 16.1 Å². The van der Waals surface area contributed by atoms with E-state index in [0.29, 0.717) is 6.04 Å². The van der Waals surface area contributed by atoms with Crippen LogP contribution in [0.1, 0.15) is 39.8 Å². The minimum absolute atomic E-state index is 0.0745. The van der Waals surface area contributed by atoms with Crippen molar-refractivity contribution in [3.05, 3.63) is 45.9 Å². The molecule has 0 spiro atoms. The highest BCUT2D eigenvalue weighted by Crippen LogP contribution is 2.35. The standard InChI is InChI=1S/C14H14N2O2S/c17-14(18)12-5-4-9(8-15-12)16-11-2-1-3-13-10(11)6-7-19-13/h4-8,11,16H,1-3H2,(H,17,18). The summed E-state index contributed by atoms with van der Waals surface area (Å²) in [7, 11) is 0. The molecule has 2 N–H and O–H groups in total. The Bertz CT molecular complexity index is 592. The fraction of sp³-hybridized carbons (Fsp3) is 0.286. The summed E-state index contributed by atoms with van der Waals surface area (Å²) in [5, 5.41) is 14.4. The molecule has 1 aliphatic rings. The lowest BCUT2D eigenvalue weighted by molar-refractivity contribution is 0.0690. The van der Waals surface area contributed by atoms with Gasteiger partial charge >= 0.3 is 5.97 Å². The Balaban J connectivity index is 1.78. The first-order valence-electron chi connectivity index (χ1n) is 6.26. The number of rotatable bonds is 3. The van der Waals surface area contributed by atoms with Gasteiger partial charge in [0.25, 0.3) is 0 Å². The number of nitrogens with zero attached hydrogens (tertiary/aromatic N) is 1. The van der Waals surface area contributed by atoms with Gasteiger partial charge in [-0.25, -0.2) is 9.78 Å². The van der Waals surface area contributed by atoms with E-state index in [4.69, 9.17) is 5.11 Å². The lowest BCUT2D eigenvalue weighted by Gasteiger charge is -2.24. The van der Waals surface area contributed by atoms with Gasteiger partial charge in [-0.3, -0.25) is 0 Å². The number of aromatic carboxylic acids is 1. The molecular weight excluding hydrogens is 260 g/mol. The molecule has 0 aliphatic heterocycles. The molecule has 0 saturated carbocycles. The summed E-state index contributed by atoms with van der Waals surface area (Å²) in [5.74, 6) is -0.996. The number of carboxylic acids is 1. The second-order valence-electron chi connectivity index (χ2n) is 4.63. The van der Waals surface area contributed by atoms with Gasteiger partial charge < -0.3 is 10.4 Å². The van der Waals surface area contributed by atoms with Crippen molar-refractivity contribution in [1.29, 1.82) is 0 Å². The molecular formula is C14H14N2O2S. The van der Waals surface area contributed by atoms with Gasteiger partial charge in [0, 0.05) is 4.88 Å². The number of hydrogen-bond donors (Lipinski definition) is 2. The molecule has 2 aromatic heterocycles. The van der Waals surface area contributed by atoms with Gasteiger partial charge in [-0.05, 0) is 48.4 Å². The molecule has 2 heterocycles. The van der Waals surface area contributed by atoms with E-state index in [9.17, 15) is 4.79 Å². The Labute approximate surface area is 115 Å². The van der Waals surface area contributed by atoms with Crippen molar-refractivity contribution >= 4 is 23.0 Å². The Hall–Kier alpha value is -1.88. The number of hydrogen-bond acceptors (Lipinski definition) is 4. The average Bonchev–Trinajstić information content (AvgIpc) is 2.89. The van der Waals surface area contributed by atoms with E-state index < -0.39 is 5.97 Å². The zero-order valence-corrected chi connectivity index (χ0v) is 11.1. The maximum absolute atomic E-state index is 10.7. The third-order valence-electron chi connectivity index (χ3n) is 3.38. The van der Waals surface area contributed by atoms with Gasteiger partial charge in [-0.1, -0.05) is 0 Å². The van der Waals surface area contributed by atoms with Crippen LogP contribution in [0.5, 0.6) is 0 Å². The predicted octanol–water partition coefficient (Wildman–Crippen LogP) is 3.33. The van der Waals surface area contributed by atoms with Crippen molar-refractivity contribution in [3.8, 4) is 0 Å². The van der Waals surface area contributed by atoms with E-state index in [1.807, 2.05) is 11.3 Å². The molecule has 0 aromatic carbocycles. The van der Waals surface area contributed by atoms with Gasteiger partial charge in [0.1, 0.15) is 5.69 Å². The van der Waals surface area contributed by atoms with E-state index >= 15 is 0 Å². The van der Waals surface area contributed by atoms with E-state index in [1.54, 1.807) is 12.3 Å². The SMILES string of the molecule is O=C(O)c1ccc(NC2CCCc3sccc32)cn1. The van der Waals surface area contributed by atoms with Crippen LogP contribution in [0.2, 0.25) is 0 Å². The Morgan fingerprint density at radius 1 is 1.42 bits per heavy atom.